The van der Waals surface area contributed by atoms with Crippen molar-refractivity contribution in [2.45, 2.75) is 19.3 Å². The van der Waals surface area contributed by atoms with Crippen LogP contribution in [-0.4, -0.2) is 14.5 Å². The van der Waals surface area contributed by atoms with Crippen LogP contribution in [0.3, 0.4) is 0 Å². The molecule has 3 nitrogen and oxygen atoms in total. The zero-order valence-corrected chi connectivity index (χ0v) is 25.7. The van der Waals surface area contributed by atoms with Crippen molar-refractivity contribution in [2.75, 3.05) is 0 Å². The number of rotatable bonds is 2. The third-order valence-electron chi connectivity index (χ3n) is 9.77. The Bertz CT molecular complexity index is 2690. The lowest BCUT2D eigenvalue weighted by Crippen LogP contribution is -2.18. The van der Waals surface area contributed by atoms with Crippen molar-refractivity contribution in [1.82, 2.24) is 14.5 Å². The van der Waals surface area contributed by atoms with Crippen molar-refractivity contribution in [2.24, 2.45) is 0 Å². The van der Waals surface area contributed by atoms with Crippen molar-refractivity contribution in [3.8, 4) is 28.5 Å². The van der Waals surface area contributed by atoms with Crippen molar-refractivity contribution in [3.63, 3.8) is 0 Å². The highest BCUT2D eigenvalue weighted by atomic mass is 32.1. The summed E-state index contributed by atoms with van der Waals surface area (Å²) >= 11 is 1.85. The van der Waals surface area contributed by atoms with Gasteiger partial charge in [-0.05, 0) is 46.7 Å². The fraction of sp³-hybridized carbons (Fsp3) is 0.0732. The summed E-state index contributed by atoms with van der Waals surface area (Å²) in [4.78, 5) is 11.0. The number of thiophene rings is 1. The molecule has 0 atom stereocenters. The van der Waals surface area contributed by atoms with E-state index in [1.54, 1.807) is 0 Å². The minimum Gasteiger partial charge on any atom is -0.278 e. The largest absolute Gasteiger partial charge is 0.278 e. The van der Waals surface area contributed by atoms with Crippen LogP contribution in [-0.2, 0) is 5.41 Å². The monoisotopic (exact) mass is 593 g/mol. The number of aromatic nitrogens is 3. The Labute approximate surface area is 264 Å². The van der Waals surface area contributed by atoms with Gasteiger partial charge in [0.1, 0.15) is 0 Å². The average Bonchev–Trinajstić information content (AvgIpc) is 3.68. The van der Waals surface area contributed by atoms with E-state index in [0.717, 1.165) is 28.0 Å². The molecule has 1 aliphatic rings. The van der Waals surface area contributed by atoms with Crippen LogP contribution in [0.1, 0.15) is 25.0 Å². The minimum atomic E-state index is -0.244. The number of hydrogen-bond acceptors (Lipinski definition) is 3. The second-order valence-corrected chi connectivity index (χ2v) is 13.7. The summed E-state index contributed by atoms with van der Waals surface area (Å²) in [5.41, 5.74) is 8.82. The zero-order chi connectivity index (χ0) is 29.9. The Balaban J connectivity index is 1.33. The molecular weight excluding hydrogens is 567 g/mol. The molecule has 9 aromatic rings. The van der Waals surface area contributed by atoms with E-state index in [0.29, 0.717) is 5.95 Å². The molecular formula is C41H27N3S. The molecule has 0 bridgehead atoms. The first kappa shape index (κ1) is 25.1. The van der Waals surface area contributed by atoms with E-state index in [-0.39, 0.29) is 5.41 Å². The van der Waals surface area contributed by atoms with Gasteiger partial charge in [-0.25, -0.2) is 9.97 Å². The maximum Gasteiger partial charge on any atom is 0.235 e. The predicted octanol–water partition coefficient (Wildman–Crippen LogP) is 11.1. The Hall–Kier alpha value is -5.32. The van der Waals surface area contributed by atoms with Gasteiger partial charge in [0.15, 0.2) is 0 Å². The molecule has 0 N–H and O–H groups in total. The number of para-hydroxylation sites is 1. The lowest BCUT2D eigenvalue weighted by atomic mass is 9.81. The summed E-state index contributed by atoms with van der Waals surface area (Å²) in [6.07, 6.45) is 0. The van der Waals surface area contributed by atoms with E-state index >= 15 is 0 Å². The highest BCUT2D eigenvalue weighted by Gasteiger charge is 2.40. The van der Waals surface area contributed by atoms with Crippen molar-refractivity contribution in [1.29, 1.82) is 0 Å². The van der Waals surface area contributed by atoms with Crippen LogP contribution in [0, 0.1) is 0 Å². The molecule has 0 aliphatic heterocycles. The Morgan fingerprint density at radius 3 is 2.13 bits per heavy atom. The fourth-order valence-electron chi connectivity index (χ4n) is 7.66. The molecule has 0 fully saturated rings. The molecule has 0 saturated heterocycles. The number of fused-ring (bicyclic) bond motifs is 10. The van der Waals surface area contributed by atoms with Crippen molar-refractivity contribution in [3.05, 3.63) is 139 Å². The molecule has 6 aromatic carbocycles. The van der Waals surface area contributed by atoms with Gasteiger partial charge in [0.05, 0.1) is 22.4 Å². The first-order valence-electron chi connectivity index (χ1n) is 15.4. The molecule has 45 heavy (non-hydrogen) atoms. The maximum atomic E-state index is 5.53. The minimum absolute atomic E-state index is 0.244. The fourth-order valence-corrected chi connectivity index (χ4v) is 8.80. The van der Waals surface area contributed by atoms with Crippen LogP contribution >= 0.6 is 11.3 Å². The van der Waals surface area contributed by atoms with Gasteiger partial charge in [0.25, 0.3) is 0 Å². The van der Waals surface area contributed by atoms with Gasteiger partial charge in [0.2, 0.25) is 5.95 Å². The SMILES string of the molecule is CC1(C)c2ccccc2-c2nc(-n3c4ccccc4c4cc5ccccc5cc43)nc(-c3ccc4c(c3)sc3ccccc34)c21. The molecule has 0 unspecified atom stereocenters. The Morgan fingerprint density at radius 2 is 1.24 bits per heavy atom. The van der Waals surface area contributed by atoms with Crippen LogP contribution in [0.25, 0.3) is 81.2 Å². The van der Waals surface area contributed by atoms with E-state index in [9.17, 15) is 0 Å². The van der Waals surface area contributed by atoms with E-state index in [1.165, 1.54) is 58.4 Å². The number of hydrogen-bond donors (Lipinski definition) is 0. The lowest BCUT2D eigenvalue weighted by Gasteiger charge is -2.24. The van der Waals surface area contributed by atoms with Crippen LogP contribution in [0.2, 0.25) is 0 Å². The predicted molar refractivity (Wildman–Crippen MR) is 190 cm³/mol. The number of nitrogens with zero attached hydrogens (tertiary/aromatic N) is 3. The summed E-state index contributed by atoms with van der Waals surface area (Å²) < 4.78 is 4.86. The summed E-state index contributed by atoms with van der Waals surface area (Å²) in [5, 5.41) is 7.46. The molecule has 4 heteroatoms. The first-order chi connectivity index (χ1) is 22.1. The third-order valence-corrected chi connectivity index (χ3v) is 10.9. The van der Waals surface area contributed by atoms with Crippen LogP contribution in [0.4, 0.5) is 0 Å². The van der Waals surface area contributed by atoms with E-state index in [1.807, 2.05) is 11.3 Å². The molecule has 3 aromatic heterocycles. The van der Waals surface area contributed by atoms with Crippen LogP contribution in [0.5, 0.6) is 0 Å². The summed E-state index contributed by atoms with van der Waals surface area (Å²) in [7, 11) is 0. The molecule has 1 aliphatic carbocycles. The van der Waals surface area contributed by atoms with E-state index in [4.69, 9.17) is 9.97 Å². The second-order valence-electron chi connectivity index (χ2n) is 12.6. The average molecular weight is 594 g/mol. The van der Waals surface area contributed by atoms with Crippen LogP contribution in [0.15, 0.2) is 127 Å². The lowest BCUT2D eigenvalue weighted by molar-refractivity contribution is 0.657. The second kappa shape index (κ2) is 8.87. The summed E-state index contributed by atoms with van der Waals surface area (Å²) in [5.74, 6) is 0.703. The van der Waals surface area contributed by atoms with Gasteiger partial charge in [0, 0.05) is 53.1 Å². The van der Waals surface area contributed by atoms with Gasteiger partial charge in [-0.1, -0.05) is 111 Å². The van der Waals surface area contributed by atoms with Gasteiger partial charge < -0.3 is 0 Å². The van der Waals surface area contributed by atoms with Gasteiger partial charge in [-0.2, -0.15) is 0 Å². The zero-order valence-electron chi connectivity index (χ0n) is 24.9. The summed E-state index contributed by atoms with van der Waals surface area (Å²) in [6.45, 7) is 4.63. The third kappa shape index (κ3) is 3.40. The van der Waals surface area contributed by atoms with E-state index in [2.05, 4.69) is 146 Å². The highest BCUT2D eigenvalue weighted by Crippen LogP contribution is 2.51. The Morgan fingerprint density at radius 1 is 0.556 bits per heavy atom. The van der Waals surface area contributed by atoms with Crippen molar-refractivity contribution < 1.29 is 0 Å². The van der Waals surface area contributed by atoms with E-state index < -0.39 is 0 Å². The summed E-state index contributed by atoms with van der Waals surface area (Å²) in [6, 6.07) is 46.1. The highest BCUT2D eigenvalue weighted by molar-refractivity contribution is 7.25. The molecule has 0 radical (unpaired) electrons. The molecule has 0 saturated carbocycles. The molecule has 3 heterocycles. The number of benzene rings is 6. The van der Waals surface area contributed by atoms with Gasteiger partial charge in [-0.15, -0.1) is 11.3 Å². The first-order valence-corrected chi connectivity index (χ1v) is 16.2. The van der Waals surface area contributed by atoms with Crippen molar-refractivity contribution >= 4 is 64.1 Å². The van der Waals surface area contributed by atoms with Gasteiger partial charge in [-0.3, -0.25) is 4.57 Å². The standard InChI is InChI=1S/C41H27N3S/c1-41(2)32-16-8-5-15-30(32)39-37(41)38(26-19-20-29-28-14-7-10-18-35(28)45-36(29)23-26)42-40(43-39)44-33-17-9-6-13-27(33)31-21-24-11-3-4-12-25(24)22-34(31)44/h3-23H,1-2H3. The smallest absolute Gasteiger partial charge is 0.235 e. The topological polar surface area (TPSA) is 30.7 Å². The molecule has 0 spiro atoms. The van der Waals surface area contributed by atoms with Gasteiger partial charge >= 0.3 is 0 Å². The molecule has 10 rings (SSSR count). The Kier molecular flexibility index (Phi) is 4.94. The quantitative estimate of drug-likeness (QED) is 0.200. The normalized spacial score (nSPS) is 13.7. The molecule has 0 amide bonds. The molecule has 212 valence electrons. The maximum absolute atomic E-state index is 5.53. The van der Waals surface area contributed by atoms with Crippen LogP contribution < -0.4 is 0 Å².